The van der Waals surface area contributed by atoms with Gasteiger partial charge in [0.25, 0.3) is 0 Å². The third-order valence-electron chi connectivity index (χ3n) is 9.51. The van der Waals surface area contributed by atoms with Gasteiger partial charge in [0.05, 0.1) is 36.6 Å². The molecule has 4 rings (SSSR count). The fourth-order valence-corrected chi connectivity index (χ4v) is 8.21. The summed E-state index contributed by atoms with van der Waals surface area (Å²) < 4.78 is 12.2. The van der Waals surface area contributed by atoms with Gasteiger partial charge < -0.3 is 29.7 Å². The van der Waals surface area contributed by atoms with Gasteiger partial charge in [-0.1, -0.05) is 85.1 Å². The molecule has 10 nitrogen and oxygen atoms in total. The van der Waals surface area contributed by atoms with E-state index in [0.717, 1.165) is 24.8 Å². The summed E-state index contributed by atoms with van der Waals surface area (Å²) in [7, 11) is 0. The summed E-state index contributed by atoms with van der Waals surface area (Å²) in [5.74, 6) is -3.26. The second-order valence-corrected chi connectivity index (χ2v) is 13.6. The van der Waals surface area contributed by atoms with Gasteiger partial charge in [0.2, 0.25) is 17.7 Å². The maximum Gasteiger partial charge on any atom is 0.306 e. The first-order valence-corrected chi connectivity index (χ1v) is 17.4. The zero-order valence-electron chi connectivity index (χ0n) is 26.9. The minimum Gasteiger partial charge on any atom is -0.463 e. The summed E-state index contributed by atoms with van der Waals surface area (Å²) in [6, 6.07) is 6.92. The van der Waals surface area contributed by atoms with Gasteiger partial charge in [-0.15, -0.1) is 13.2 Å². The number of carbonyl (C=O) groups is 4. The third kappa shape index (κ3) is 7.11. The Bertz CT molecular complexity index is 1260. The number of unbranched alkanes of at least 4 members (excludes halogenated alkanes) is 2. The molecule has 3 aliphatic rings. The number of nitrogens with one attached hydrogen (secondary N) is 1. The van der Waals surface area contributed by atoms with E-state index < -0.39 is 53.5 Å². The molecular formula is C35H48BrN3O7. The van der Waals surface area contributed by atoms with Crippen LogP contribution < -0.4 is 5.32 Å². The van der Waals surface area contributed by atoms with Crippen molar-refractivity contribution in [3.05, 3.63) is 61.2 Å². The number of likely N-dealkylation sites (tertiary alicyclic amines) is 1. The van der Waals surface area contributed by atoms with Gasteiger partial charge in [-0.25, -0.2) is 0 Å². The molecule has 1 spiro atoms. The molecule has 11 heteroatoms. The number of ether oxygens (including phenoxy) is 2. The normalized spacial score (nSPS) is 27.5. The number of carbonyl (C=O) groups excluding carboxylic acids is 4. The van der Waals surface area contributed by atoms with Crippen LogP contribution in [0.1, 0.15) is 70.4 Å². The second-order valence-electron chi connectivity index (χ2n) is 12.4. The topological polar surface area (TPSA) is 125 Å². The van der Waals surface area contributed by atoms with Gasteiger partial charge in [0.1, 0.15) is 18.2 Å². The Labute approximate surface area is 280 Å². The van der Waals surface area contributed by atoms with Crippen LogP contribution in [0.25, 0.3) is 0 Å². The second kappa shape index (κ2) is 16.2. The van der Waals surface area contributed by atoms with Crippen molar-refractivity contribution < 1.29 is 33.8 Å². The van der Waals surface area contributed by atoms with Gasteiger partial charge in [-0.05, 0) is 31.2 Å². The predicted octanol–water partition coefficient (Wildman–Crippen LogP) is 4.08. The highest BCUT2D eigenvalue weighted by molar-refractivity contribution is 9.09. The Morgan fingerprint density at radius 1 is 1.22 bits per heavy atom. The molecule has 1 unspecified atom stereocenters. The Hall–Kier alpha value is -3.02. The van der Waals surface area contributed by atoms with Crippen LogP contribution in [0.3, 0.4) is 0 Å². The minimum absolute atomic E-state index is 0.0879. The predicted molar refractivity (Wildman–Crippen MR) is 178 cm³/mol. The van der Waals surface area contributed by atoms with E-state index >= 15 is 0 Å². The highest BCUT2D eigenvalue weighted by atomic mass is 79.9. The van der Waals surface area contributed by atoms with Gasteiger partial charge in [-0.2, -0.15) is 0 Å². The number of hydrogen-bond acceptors (Lipinski definition) is 7. The lowest BCUT2D eigenvalue weighted by atomic mass is 9.70. The van der Waals surface area contributed by atoms with Crippen LogP contribution in [0.2, 0.25) is 0 Å². The summed E-state index contributed by atoms with van der Waals surface area (Å²) in [5.41, 5.74) is -0.506. The van der Waals surface area contributed by atoms with E-state index in [2.05, 4.69) is 41.3 Å². The molecular weight excluding hydrogens is 654 g/mol. The first-order chi connectivity index (χ1) is 22.2. The highest BCUT2D eigenvalue weighted by Gasteiger charge is 2.77. The molecule has 0 aromatic heterocycles. The number of aliphatic hydroxyl groups is 1. The van der Waals surface area contributed by atoms with Crippen molar-refractivity contribution >= 4 is 39.6 Å². The SMILES string of the molecule is C=CCCC(=O)OC[C@@H](NC(=O)[C@@H]1[C@H]2O[C@@]3(CC2Br)[C@H](C(=O)N(CC=C)CCCCC)N([C@@H](CC)CO)C(=O)[C@@H]13)c1ccccc1. The summed E-state index contributed by atoms with van der Waals surface area (Å²) in [6.07, 6.45) is 6.86. The number of amides is 3. The van der Waals surface area contributed by atoms with Crippen molar-refractivity contribution in [1.82, 2.24) is 15.1 Å². The van der Waals surface area contributed by atoms with E-state index in [-0.39, 0.29) is 36.3 Å². The van der Waals surface area contributed by atoms with Crippen molar-refractivity contribution in [3.63, 3.8) is 0 Å². The number of nitrogens with zero attached hydrogens (tertiary/aromatic N) is 2. The molecule has 1 aromatic carbocycles. The quantitative estimate of drug-likeness (QED) is 0.102. The summed E-state index contributed by atoms with van der Waals surface area (Å²) in [5, 5.41) is 13.4. The van der Waals surface area contributed by atoms with Gasteiger partial charge >= 0.3 is 5.97 Å². The van der Waals surface area contributed by atoms with Crippen LogP contribution in [0.5, 0.6) is 0 Å². The molecule has 3 aliphatic heterocycles. The Balaban J connectivity index is 1.67. The summed E-state index contributed by atoms with van der Waals surface area (Å²) >= 11 is 3.72. The summed E-state index contributed by atoms with van der Waals surface area (Å²) in [4.78, 5) is 58.5. The van der Waals surface area contributed by atoms with E-state index in [9.17, 15) is 24.3 Å². The minimum atomic E-state index is -1.25. The molecule has 2 bridgehead atoms. The Kier molecular flexibility index (Phi) is 12.6. The lowest BCUT2D eigenvalue weighted by Gasteiger charge is -2.39. The zero-order chi connectivity index (χ0) is 33.4. The molecule has 8 atom stereocenters. The number of esters is 1. The molecule has 46 heavy (non-hydrogen) atoms. The molecule has 1 aromatic rings. The standard InChI is InChI=1S/C35H48BrN3O7/c1-5-9-14-19-38(18-7-3)34(44)31-35-20-25(36)30(46-35)28(29(35)33(43)39(31)24(8-4)21-40)32(42)37-26(23-15-12-11-13-16-23)22-45-27(41)17-10-6-2/h6-7,11-13,15-16,24-26,28-31,40H,2-3,5,8-10,14,17-22H2,1,4H3,(H,37,42)/t24-,25?,26+,28-,29+,30-,31-,35+/m0/s1. The van der Waals surface area contributed by atoms with E-state index in [4.69, 9.17) is 9.47 Å². The number of rotatable bonds is 18. The van der Waals surface area contributed by atoms with Crippen molar-refractivity contribution in [2.45, 2.75) is 93.5 Å². The van der Waals surface area contributed by atoms with Crippen molar-refractivity contribution in [2.75, 3.05) is 26.3 Å². The molecule has 252 valence electrons. The maximum absolute atomic E-state index is 14.5. The lowest BCUT2D eigenvalue weighted by Crippen LogP contribution is -2.59. The fourth-order valence-electron chi connectivity index (χ4n) is 7.27. The zero-order valence-corrected chi connectivity index (χ0v) is 28.5. The van der Waals surface area contributed by atoms with Gasteiger partial charge in [-0.3, -0.25) is 19.2 Å². The van der Waals surface area contributed by atoms with Crippen LogP contribution in [-0.2, 0) is 28.7 Å². The van der Waals surface area contributed by atoms with Crippen molar-refractivity contribution in [2.24, 2.45) is 11.8 Å². The molecule has 2 N–H and O–H groups in total. The average Bonchev–Trinajstić information content (AvgIpc) is 3.65. The van der Waals surface area contributed by atoms with Gasteiger partial charge in [0, 0.05) is 24.3 Å². The van der Waals surface area contributed by atoms with Crippen molar-refractivity contribution in [1.29, 1.82) is 0 Å². The smallest absolute Gasteiger partial charge is 0.306 e. The first-order valence-electron chi connectivity index (χ1n) is 16.4. The average molecular weight is 703 g/mol. The number of alkyl halides is 1. The first kappa shape index (κ1) is 35.8. The molecule has 3 amide bonds. The largest absolute Gasteiger partial charge is 0.463 e. The third-order valence-corrected chi connectivity index (χ3v) is 10.4. The van der Waals surface area contributed by atoms with Crippen LogP contribution in [0.15, 0.2) is 55.6 Å². The number of allylic oxidation sites excluding steroid dienone is 1. The molecule has 3 heterocycles. The molecule has 3 saturated heterocycles. The Morgan fingerprint density at radius 3 is 2.59 bits per heavy atom. The number of halogens is 1. The van der Waals surface area contributed by atoms with Crippen LogP contribution >= 0.6 is 15.9 Å². The fraction of sp³-hybridized carbons (Fsp3) is 0.600. The van der Waals surface area contributed by atoms with Crippen LogP contribution in [-0.4, -0.2) is 93.5 Å². The number of fused-ring (bicyclic) bond motifs is 1. The van der Waals surface area contributed by atoms with Crippen LogP contribution in [0, 0.1) is 11.8 Å². The Morgan fingerprint density at radius 2 is 1.96 bits per heavy atom. The van der Waals surface area contributed by atoms with E-state index in [1.54, 1.807) is 17.1 Å². The van der Waals surface area contributed by atoms with Crippen molar-refractivity contribution in [3.8, 4) is 0 Å². The van der Waals surface area contributed by atoms with E-state index in [1.165, 1.54) is 4.90 Å². The van der Waals surface area contributed by atoms with Crippen LogP contribution in [0.4, 0.5) is 0 Å². The highest BCUT2D eigenvalue weighted by Crippen LogP contribution is 2.60. The lowest BCUT2D eigenvalue weighted by molar-refractivity contribution is -0.151. The monoisotopic (exact) mass is 701 g/mol. The number of benzene rings is 1. The van der Waals surface area contributed by atoms with Gasteiger partial charge in [0.15, 0.2) is 0 Å². The molecule has 0 aliphatic carbocycles. The molecule has 3 fully saturated rings. The van der Waals surface area contributed by atoms with E-state index in [0.29, 0.717) is 32.4 Å². The summed E-state index contributed by atoms with van der Waals surface area (Å²) in [6.45, 7) is 11.9. The number of aliphatic hydroxyl groups excluding tert-OH is 1. The number of hydrogen-bond donors (Lipinski definition) is 2. The molecule has 0 saturated carbocycles. The van der Waals surface area contributed by atoms with E-state index in [1.807, 2.05) is 37.3 Å². The maximum atomic E-state index is 14.5. The molecule has 0 radical (unpaired) electrons.